The Morgan fingerprint density at radius 2 is 2.18 bits per heavy atom. The minimum atomic E-state index is 0.165. The first-order valence-corrected chi connectivity index (χ1v) is 9.62. The molecular formula is C20H16BrN3O4. The quantitative estimate of drug-likeness (QED) is 0.568. The molecule has 3 aromatic rings. The van der Waals surface area contributed by atoms with Crippen LogP contribution in [0, 0.1) is 11.3 Å². The van der Waals surface area contributed by atoms with E-state index in [9.17, 15) is 5.26 Å². The highest BCUT2D eigenvalue weighted by Crippen LogP contribution is 2.42. The number of nitriles is 1. The molecule has 4 rings (SSSR count). The first kappa shape index (κ1) is 18.2. The van der Waals surface area contributed by atoms with Gasteiger partial charge in [-0.1, -0.05) is 22.0 Å². The van der Waals surface area contributed by atoms with E-state index in [1.807, 2.05) is 24.3 Å². The number of para-hydroxylation sites is 1. The zero-order chi connectivity index (χ0) is 19.5. The summed E-state index contributed by atoms with van der Waals surface area (Å²) in [4.78, 5) is 4.41. The maximum Gasteiger partial charge on any atom is 0.231 e. The number of rotatable bonds is 6. The Kier molecular flexibility index (Phi) is 5.08. The zero-order valence-electron chi connectivity index (χ0n) is 15.0. The maximum atomic E-state index is 9.60. The maximum absolute atomic E-state index is 9.60. The van der Waals surface area contributed by atoms with E-state index in [2.05, 4.69) is 32.3 Å². The summed E-state index contributed by atoms with van der Waals surface area (Å²) in [5.74, 6) is 2.42. The molecule has 0 saturated heterocycles. The van der Waals surface area contributed by atoms with Gasteiger partial charge in [-0.15, -0.1) is 0 Å². The van der Waals surface area contributed by atoms with Crippen molar-refractivity contribution in [2.45, 2.75) is 0 Å². The highest BCUT2D eigenvalue weighted by molar-refractivity contribution is 9.09. The molecule has 1 aliphatic heterocycles. The number of pyridine rings is 1. The first-order valence-electron chi connectivity index (χ1n) is 8.50. The van der Waals surface area contributed by atoms with Gasteiger partial charge in [0.05, 0.1) is 36.2 Å². The number of methoxy groups -OCH3 is 1. The standard InChI is InChI=1S/C20H16BrN3O4/c1-25-17-7-13-15(8-18(17)26-6-5-21)23-10-12(9-22)19(13)24-14-3-2-4-16-20(14)28-11-27-16/h2-4,7-8,10H,5-6,11H2,1H3,(H,23,24). The monoisotopic (exact) mass is 441 g/mol. The summed E-state index contributed by atoms with van der Waals surface area (Å²) in [7, 11) is 1.58. The molecule has 0 aliphatic carbocycles. The van der Waals surface area contributed by atoms with Crippen LogP contribution in [0.25, 0.3) is 10.9 Å². The molecule has 1 N–H and O–H groups in total. The molecule has 0 bridgehead atoms. The highest BCUT2D eigenvalue weighted by Gasteiger charge is 2.20. The van der Waals surface area contributed by atoms with Crippen LogP contribution in [0.2, 0.25) is 0 Å². The molecule has 1 aliphatic rings. The van der Waals surface area contributed by atoms with E-state index < -0.39 is 0 Å². The molecule has 2 aromatic carbocycles. The van der Waals surface area contributed by atoms with Crippen molar-refractivity contribution in [3.8, 4) is 29.1 Å². The second-order valence-electron chi connectivity index (χ2n) is 5.88. The van der Waals surface area contributed by atoms with Gasteiger partial charge < -0.3 is 24.3 Å². The van der Waals surface area contributed by atoms with Crippen LogP contribution in [0.4, 0.5) is 11.4 Å². The summed E-state index contributed by atoms with van der Waals surface area (Å²) in [5, 5.41) is 14.3. The van der Waals surface area contributed by atoms with E-state index in [4.69, 9.17) is 18.9 Å². The third-order valence-corrected chi connectivity index (χ3v) is 4.59. The molecule has 7 nitrogen and oxygen atoms in total. The van der Waals surface area contributed by atoms with Gasteiger partial charge in [-0.25, -0.2) is 0 Å². The van der Waals surface area contributed by atoms with Crippen LogP contribution >= 0.6 is 15.9 Å². The lowest BCUT2D eigenvalue weighted by atomic mass is 10.1. The number of ether oxygens (including phenoxy) is 4. The lowest BCUT2D eigenvalue weighted by Gasteiger charge is -2.15. The van der Waals surface area contributed by atoms with Gasteiger partial charge >= 0.3 is 0 Å². The van der Waals surface area contributed by atoms with Crippen LogP contribution in [-0.2, 0) is 0 Å². The van der Waals surface area contributed by atoms with E-state index in [0.29, 0.717) is 57.4 Å². The Morgan fingerprint density at radius 3 is 2.96 bits per heavy atom. The molecule has 1 aromatic heterocycles. The average Bonchev–Trinajstić information content (AvgIpc) is 3.21. The molecule has 0 unspecified atom stereocenters. The second kappa shape index (κ2) is 7.82. The van der Waals surface area contributed by atoms with Crippen molar-refractivity contribution in [3.05, 3.63) is 42.1 Å². The van der Waals surface area contributed by atoms with E-state index in [0.717, 1.165) is 5.39 Å². The van der Waals surface area contributed by atoms with Gasteiger partial charge in [-0.05, 0) is 18.2 Å². The number of hydrogen-bond donors (Lipinski definition) is 1. The van der Waals surface area contributed by atoms with Crippen LogP contribution < -0.4 is 24.3 Å². The van der Waals surface area contributed by atoms with Crippen molar-refractivity contribution in [2.75, 3.05) is 31.2 Å². The Labute approximate surface area is 169 Å². The second-order valence-corrected chi connectivity index (χ2v) is 6.67. The number of fused-ring (bicyclic) bond motifs is 2. The van der Waals surface area contributed by atoms with Crippen molar-refractivity contribution in [1.82, 2.24) is 4.98 Å². The molecular weight excluding hydrogens is 426 g/mol. The van der Waals surface area contributed by atoms with Gasteiger partial charge in [-0.2, -0.15) is 5.26 Å². The van der Waals surface area contributed by atoms with Gasteiger partial charge in [-0.3, -0.25) is 4.98 Å². The molecule has 0 fully saturated rings. The lowest BCUT2D eigenvalue weighted by Crippen LogP contribution is -2.02. The summed E-state index contributed by atoms with van der Waals surface area (Å²) in [6, 6.07) is 11.4. The first-order chi connectivity index (χ1) is 13.7. The summed E-state index contributed by atoms with van der Waals surface area (Å²) in [5.41, 5.74) is 2.40. The Bertz CT molecular complexity index is 1080. The molecule has 8 heteroatoms. The SMILES string of the molecule is COc1cc2c(Nc3cccc4c3OCO4)c(C#N)cnc2cc1OCCBr. The van der Waals surface area contributed by atoms with E-state index >= 15 is 0 Å². The third-order valence-electron chi connectivity index (χ3n) is 4.26. The fraction of sp³-hybridized carbons (Fsp3) is 0.200. The molecule has 0 spiro atoms. The van der Waals surface area contributed by atoms with Gasteiger partial charge in [0, 0.05) is 23.0 Å². The van der Waals surface area contributed by atoms with Gasteiger partial charge in [0.2, 0.25) is 6.79 Å². The number of halogens is 1. The van der Waals surface area contributed by atoms with Crippen molar-refractivity contribution in [1.29, 1.82) is 5.26 Å². The summed E-state index contributed by atoms with van der Waals surface area (Å²) in [6.07, 6.45) is 1.53. The zero-order valence-corrected chi connectivity index (χ0v) is 16.6. The average molecular weight is 442 g/mol. The number of anilines is 2. The van der Waals surface area contributed by atoms with Gasteiger partial charge in [0.25, 0.3) is 0 Å². The lowest BCUT2D eigenvalue weighted by molar-refractivity contribution is 0.174. The summed E-state index contributed by atoms with van der Waals surface area (Å²) in [6.45, 7) is 0.662. The molecule has 0 amide bonds. The van der Waals surface area contributed by atoms with E-state index in [-0.39, 0.29) is 6.79 Å². The Hall–Kier alpha value is -3.18. The molecule has 28 heavy (non-hydrogen) atoms. The number of nitrogens with zero attached hydrogens (tertiary/aromatic N) is 2. The normalized spacial score (nSPS) is 11.9. The number of hydrogen-bond acceptors (Lipinski definition) is 7. The van der Waals surface area contributed by atoms with Crippen molar-refractivity contribution in [3.63, 3.8) is 0 Å². The van der Waals surface area contributed by atoms with Crippen molar-refractivity contribution >= 4 is 38.2 Å². The molecule has 0 atom stereocenters. The number of aromatic nitrogens is 1. The van der Waals surface area contributed by atoms with E-state index in [1.54, 1.807) is 13.2 Å². The molecule has 2 heterocycles. The smallest absolute Gasteiger partial charge is 0.231 e. The van der Waals surface area contributed by atoms with Crippen LogP contribution in [0.15, 0.2) is 36.5 Å². The molecule has 0 radical (unpaired) electrons. The molecule has 0 saturated carbocycles. The number of nitrogens with one attached hydrogen (secondary N) is 1. The van der Waals surface area contributed by atoms with E-state index in [1.165, 1.54) is 6.20 Å². The molecule has 142 valence electrons. The third kappa shape index (κ3) is 3.25. The highest BCUT2D eigenvalue weighted by atomic mass is 79.9. The van der Waals surface area contributed by atoms with Gasteiger partial charge in [0.1, 0.15) is 6.07 Å². The largest absolute Gasteiger partial charge is 0.493 e. The predicted octanol–water partition coefficient (Wildman–Crippen LogP) is 4.36. The summed E-state index contributed by atoms with van der Waals surface area (Å²) < 4.78 is 22.2. The van der Waals surface area contributed by atoms with Crippen molar-refractivity contribution in [2.24, 2.45) is 0 Å². The fourth-order valence-corrected chi connectivity index (χ4v) is 3.17. The van der Waals surface area contributed by atoms with Crippen LogP contribution in [0.5, 0.6) is 23.0 Å². The van der Waals surface area contributed by atoms with Crippen LogP contribution in [-0.4, -0.2) is 30.8 Å². The van der Waals surface area contributed by atoms with Gasteiger partial charge in [0.15, 0.2) is 23.0 Å². The minimum absolute atomic E-state index is 0.165. The Morgan fingerprint density at radius 1 is 1.29 bits per heavy atom. The number of benzene rings is 2. The topological polar surface area (TPSA) is 85.6 Å². The Balaban J connectivity index is 1.85. The predicted molar refractivity (Wildman–Crippen MR) is 108 cm³/mol. The summed E-state index contributed by atoms with van der Waals surface area (Å²) >= 11 is 3.35. The van der Waals surface area contributed by atoms with Crippen molar-refractivity contribution < 1.29 is 18.9 Å². The van der Waals surface area contributed by atoms with Crippen LogP contribution in [0.3, 0.4) is 0 Å². The number of alkyl halides is 1. The fourth-order valence-electron chi connectivity index (χ4n) is 3.00. The minimum Gasteiger partial charge on any atom is -0.493 e. The van der Waals surface area contributed by atoms with Crippen LogP contribution in [0.1, 0.15) is 5.56 Å².